The smallest absolute Gasteiger partial charge is 0.244 e. The van der Waals surface area contributed by atoms with Gasteiger partial charge in [-0.3, -0.25) is 0 Å². The SMILES string of the molecule is FCC(F)(F)c1nccc(Cl)n1. The molecule has 0 N–H and O–H groups in total. The van der Waals surface area contributed by atoms with Crippen LogP contribution in [-0.2, 0) is 5.92 Å². The summed E-state index contributed by atoms with van der Waals surface area (Å²) in [5.41, 5.74) is 0. The molecule has 0 unspecified atom stereocenters. The highest BCUT2D eigenvalue weighted by Crippen LogP contribution is 2.25. The molecule has 1 heterocycles. The summed E-state index contributed by atoms with van der Waals surface area (Å²) in [6, 6.07) is 1.24. The van der Waals surface area contributed by atoms with Gasteiger partial charge in [0.25, 0.3) is 0 Å². The lowest BCUT2D eigenvalue weighted by molar-refractivity contribution is -0.0365. The fourth-order valence-electron chi connectivity index (χ4n) is 0.573. The molecule has 0 spiro atoms. The minimum atomic E-state index is -3.65. The maximum Gasteiger partial charge on any atom is 0.334 e. The minimum absolute atomic E-state index is 0.131. The summed E-state index contributed by atoms with van der Waals surface area (Å²) in [7, 11) is 0. The third kappa shape index (κ3) is 1.85. The summed E-state index contributed by atoms with van der Waals surface area (Å²) in [6.45, 7) is -1.83. The lowest BCUT2D eigenvalue weighted by Crippen LogP contribution is -2.19. The van der Waals surface area contributed by atoms with E-state index in [4.69, 9.17) is 11.6 Å². The minimum Gasteiger partial charge on any atom is -0.244 e. The van der Waals surface area contributed by atoms with Crippen molar-refractivity contribution in [3.05, 3.63) is 23.2 Å². The van der Waals surface area contributed by atoms with Crippen molar-refractivity contribution in [2.24, 2.45) is 0 Å². The van der Waals surface area contributed by atoms with Crippen LogP contribution >= 0.6 is 11.6 Å². The van der Waals surface area contributed by atoms with E-state index in [0.717, 1.165) is 6.20 Å². The van der Waals surface area contributed by atoms with Crippen molar-refractivity contribution in [2.75, 3.05) is 6.67 Å². The van der Waals surface area contributed by atoms with E-state index in [1.54, 1.807) is 0 Å². The lowest BCUT2D eigenvalue weighted by Gasteiger charge is -2.09. The average molecular weight is 197 g/mol. The van der Waals surface area contributed by atoms with Crippen LogP contribution in [0, 0.1) is 0 Å². The summed E-state index contributed by atoms with van der Waals surface area (Å²) in [6.07, 6.45) is 1.05. The van der Waals surface area contributed by atoms with Crippen molar-refractivity contribution < 1.29 is 13.2 Å². The summed E-state index contributed by atoms with van der Waals surface area (Å²) in [5, 5.41) is -0.131. The van der Waals surface area contributed by atoms with Crippen molar-refractivity contribution in [2.45, 2.75) is 5.92 Å². The van der Waals surface area contributed by atoms with Gasteiger partial charge < -0.3 is 0 Å². The number of hydrogen-bond donors (Lipinski definition) is 0. The molecular formula is C6H4ClF3N2. The first kappa shape index (κ1) is 9.25. The van der Waals surface area contributed by atoms with Gasteiger partial charge in [-0.05, 0) is 6.07 Å². The molecule has 0 aliphatic heterocycles. The predicted octanol–water partition coefficient (Wildman–Crippen LogP) is 2.19. The zero-order valence-corrected chi connectivity index (χ0v) is 6.52. The molecule has 0 aliphatic rings. The Bertz CT molecular complexity index is 279. The van der Waals surface area contributed by atoms with Gasteiger partial charge in [0.2, 0.25) is 5.82 Å². The molecule has 0 aromatic carbocycles. The van der Waals surface area contributed by atoms with Gasteiger partial charge >= 0.3 is 5.92 Å². The van der Waals surface area contributed by atoms with Crippen LogP contribution in [0.25, 0.3) is 0 Å². The summed E-state index contributed by atoms with van der Waals surface area (Å²) in [4.78, 5) is 6.38. The number of alkyl halides is 3. The average Bonchev–Trinajstić information content (AvgIpc) is 2.05. The van der Waals surface area contributed by atoms with Crippen LogP contribution < -0.4 is 0 Å². The largest absolute Gasteiger partial charge is 0.334 e. The normalized spacial score (nSPS) is 11.7. The van der Waals surface area contributed by atoms with E-state index in [1.807, 2.05) is 0 Å². The highest BCUT2D eigenvalue weighted by molar-refractivity contribution is 6.29. The molecule has 0 atom stereocenters. The maximum absolute atomic E-state index is 12.5. The number of halogens is 4. The second kappa shape index (κ2) is 3.26. The van der Waals surface area contributed by atoms with Crippen molar-refractivity contribution in [3.8, 4) is 0 Å². The molecule has 12 heavy (non-hydrogen) atoms. The molecule has 0 fully saturated rings. The lowest BCUT2D eigenvalue weighted by atomic mass is 10.3. The number of rotatable bonds is 2. The van der Waals surface area contributed by atoms with Gasteiger partial charge in [-0.15, -0.1) is 0 Å². The molecule has 0 saturated carbocycles. The van der Waals surface area contributed by atoms with E-state index in [9.17, 15) is 13.2 Å². The van der Waals surface area contributed by atoms with E-state index in [-0.39, 0.29) is 5.15 Å². The molecule has 1 aromatic rings. The van der Waals surface area contributed by atoms with Gasteiger partial charge in [0, 0.05) is 6.20 Å². The van der Waals surface area contributed by atoms with Crippen molar-refractivity contribution in [1.82, 2.24) is 9.97 Å². The van der Waals surface area contributed by atoms with Crippen LogP contribution in [0.15, 0.2) is 12.3 Å². The van der Waals surface area contributed by atoms with Crippen molar-refractivity contribution in [3.63, 3.8) is 0 Å². The second-order valence-corrected chi connectivity index (χ2v) is 2.43. The van der Waals surface area contributed by atoms with Crippen LogP contribution in [-0.4, -0.2) is 16.6 Å². The molecule has 2 nitrogen and oxygen atoms in total. The predicted molar refractivity (Wildman–Crippen MR) is 36.9 cm³/mol. The Morgan fingerprint density at radius 1 is 1.50 bits per heavy atom. The summed E-state index contributed by atoms with van der Waals surface area (Å²) < 4.78 is 36.7. The Hall–Kier alpha value is -0.840. The topological polar surface area (TPSA) is 25.8 Å². The Balaban J connectivity index is 3.03. The van der Waals surface area contributed by atoms with Crippen LogP contribution in [0.2, 0.25) is 5.15 Å². The third-order valence-electron chi connectivity index (χ3n) is 1.12. The summed E-state index contributed by atoms with van der Waals surface area (Å²) >= 11 is 5.30. The quantitative estimate of drug-likeness (QED) is 0.678. The fraction of sp³-hybridized carbons (Fsp3) is 0.333. The molecule has 1 rings (SSSR count). The Kier molecular flexibility index (Phi) is 2.52. The fourth-order valence-corrected chi connectivity index (χ4v) is 0.709. The van der Waals surface area contributed by atoms with Crippen LogP contribution in [0.4, 0.5) is 13.2 Å². The number of hydrogen-bond acceptors (Lipinski definition) is 2. The highest BCUT2D eigenvalue weighted by atomic mass is 35.5. The first-order chi connectivity index (χ1) is 5.56. The van der Waals surface area contributed by atoms with E-state index < -0.39 is 18.4 Å². The molecule has 0 aliphatic carbocycles. The zero-order valence-electron chi connectivity index (χ0n) is 5.77. The standard InChI is InChI=1S/C6H4ClF3N2/c7-4-1-2-11-5(12-4)6(9,10)3-8/h1-2H,3H2. The van der Waals surface area contributed by atoms with Gasteiger partial charge in [-0.25, -0.2) is 14.4 Å². The molecular weight excluding hydrogens is 193 g/mol. The third-order valence-corrected chi connectivity index (χ3v) is 1.33. The van der Waals surface area contributed by atoms with Crippen LogP contribution in [0.5, 0.6) is 0 Å². The van der Waals surface area contributed by atoms with Gasteiger partial charge in [-0.1, -0.05) is 11.6 Å². The molecule has 1 aromatic heterocycles. The molecule has 0 amide bonds. The Labute approximate surface area is 71.4 Å². The zero-order chi connectivity index (χ0) is 9.19. The second-order valence-electron chi connectivity index (χ2n) is 2.04. The molecule has 0 bridgehead atoms. The van der Waals surface area contributed by atoms with Gasteiger partial charge in [-0.2, -0.15) is 8.78 Å². The maximum atomic E-state index is 12.5. The molecule has 0 saturated heterocycles. The number of aromatic nitrogens is 2. The van der Waals surface area contributed by atoms with Gasteiger partial charge in [0.05, 0.1) is 0 Å². The van der Waals surface area contributed by atoms with E-state index in [0.29, 0.717) is 0 Å². The molecule has 66 valence electrons. The first-order valence-corrected chi connectivity index (χ1v) is 3.37. The van der Waals surface area contributed by atoms with Gasteiger partial charge in [0.15, 0.2) is 6.67 Å². The first-order valence-electron chi connectivity index (χ1n) is 2.99. The van der Waals surface area contributed by atoms with E-state index >= 15 is 0 Å². The Morgan fingerprint density at radius 3 is 2.67 bits per heavy atom. The molecule has 0 radical (unpaired) electrons. The van der Waals surface area contributed by atoms with E-state index in [2.05, 4.69) is 9.97 Å². The van der Waals surface area contributed by atoms with E-state index in [1.165, 1.54) is 6.07 Å². The highest BCUT2D eigenvalue weighted by Gasteiger charge is 2.35. The van der Waals surface area contributed by atoms with Gasteiger partial charge in [0.1, 0.15) is 5.15 Å². The van der Waals surface area contributed by atoms with Crippen molar-refractivity contribution >= 4 is 11.6 Å². The van der Waals surface area contributed by atoms with Crippen molar-refractivity contribution in [1.29, 1.82) is 0 Å². The summed E-state index contributed by atoms with van der Waals surface area (Å²) in [5.74, 6) is -4.54. The van der Waals surface area contributed by atoms with Crippen LogP contribution in [0.1, 0.15) is 5.82 Å². The monoisotopic (exact) mass is 196 g/mol. The Morgan fingerprint density at radius 2 is 2.17 bits per heavy atom. The molecule has 6 heteroatoms. The number of nitrogens with zero attached hydrogens (tertiary/aromatic N) is 2. The van der Waals surface area contributed by atoms with Crippen LogP contribution in [0.3, 0.4) is 0 Å².